The normalized spacial score (nSPS) is 17.4. The van der Waals surface area contributed by atoms with Crippen LogP contribution in [-0.4, -0.2) is 51.6 Å². The molecule has 12 heteroatoms. The number of hydrogen-bond acceptors (Lipinski definition) is 10. The van der Waals surface area contributed by atoms with Crippen LogP contribution in [0.1, 0.15) is 72.7 Å². The van der Waals surface area contributed by atoms with Crippen LogP contribution in [0.15, 0.2) is 176 Å². The lowest BCUT2D eigenvalue weighted by molar-refractivity contribution is -0.244. The molecule has 0 bridgehead atoms. The fraction of sp³-hybridized carbons (Fsp3) is 0.228. The van der Waals surface area contributed by atoms with Crippen LogP contribution in [0, 0.1) is 24.3 Å². The summed E-state index contributed by atoms with van der Waals surface area (Å²) in [6, 6.07) is 54.5. The van der Waals surface area contributed by atoms with Gasteiger partial charge < -0.3 is 29.0 Å². The average molecular weight is 922 g/mol. The van der Waals surface area contributed by atoms with Crippen LogP contribution < -0.4 is 14.8 Å². The first-order valence-corrected chi connectivity index (χ1v) is 22.9. The molecule has 0 radical (unpaired) electrons. The van der Waals surface area contributed by atoms with Crippen LogP contribution in [0.3, 0.4) is 0 Å². The molecule has 6 aromatic carbocycles. The van der Waals surface area contributed by atoms with Crippen LogP contribution >= 0.6 is 0 Å². The number of ether oxygens (including phenoxy) is 5. The summed E-state index contributed by atoms with van der Waals surface area (Å²) >= 11 is 0. The number of carbonyl (C=O) groups is 1. The Morgan fingerprint density at radius 3 is 1.74 bits per heavy atom. The van der Waals surface area contributed by atoms with Crippen molar-refractivity contribution in [3.63, 3.8) is 0 Å². The van der Waals surface area contributed by atoms with Gasteiger partial charge in [0.25, 0.3) is 0 Å². The summed E-state index contributed by atoms with van der Waals surface area (Å²) in [5.74, 6) is 1.02. The third-order valence-electron chi connectivity index (χ3n) is 12.9. The zero-order valence-electron chi connectivity index (χ0n) is 38.8. The number of imidazole rings is 1. The molecule has 9 rings (SSSR count). The van der Waals surface area contributed by atoms with Crippen LogP contribution in [0.5, 0.6) is 11.5 Å². The highest BCUT2D eigenvalue weighted by atomic mass is 19.1. The minimum Gasteiger partial charge on any atom is -0.497 e. The van der Waals surface area contributed by atoms with Gasteiger partial charge in [-0.2, -0.15) is 14.4 Å². The molecular weight excluding hydrogens is 870 g/mol. The molecule has 0 saturated carbocycles. The second kappa shape index (κ2) is 19.8. The molecule has 1 fully saturated rings. The van der Waals surface area contributed by atoms with Crippen molar-refractivity contribution in [1.82, 2.24) is 19.5 Å². The number of methoxy groups -OCH3 is 2. The van der Waals surface area contributed by atoms with Crippen molar-refractivity contribution in [2.75, 3.05) is 19.5 Å². The van der Waals surface area contributed by atoms with Gasteiger partial charge in [0.15, 0.2) is 17.0 Å². The summed E-state index contributed by atoms with van der Waals surface area (Å²) < 4.78 is 49.8. The average Bonchev–Trinajstić information content (AvgIpc) is 3.99. The van der Waals surface area contributed by atoms with Gasteiger partial charge in [-0.05, 0) is 70.0 Å². The Labute approximate surface area is 401 Å². The van der Waals surface area contributed by atoms with Gasteiger partial charge in [0.05, 0.1) is 26.5 Å². The fourth-order valence-corrected chi connectivity index (χ4v) is 9.40. The van der Waals surface area contributed by atoms with E-state index in [4.69, 9.17) is 35.1 Å². The molecule has 69 heavy (non-hydrogen) atoms. The second-order valence-electron chi connectivity index (χ2n) is 17.0. The molecule has 1 saturated heterocycles. The number of fused-ring (bicyclic) bond motifs is 1. The number of rotatable bonds is 17. The summed E-state index contributed by atoms with van der Waals surface area (Å²) in [5, 5.41) is 3.66. The molecule has 348 valence electrons. The largest absolute Gasteiger partial charge is 0.497 e. The number of terminal acetylenes is 1. The van der Waals surface area contributed by atoms with E-state index in [1.807, 2.05) is 177 Å². The zero-order valence-corrected chi connectivity index (χ0v) is 38.8. The minimum absolute atomic E-state index is 0.0148. The van der Waals surface area contributed by atoms with Crippen molar-refractivity contribution in [3.05, 3.63) is 216 Å². The molecule has 1 aliphatic heterocycles. The number of halogens is 1. The van der Waals surface area contributed by atoms with Crippen LogP contribution in [-0.2, 0) is 30.1 Å². The summed E-state index contributed by atoms with van der Waals surface area (Å²) in [5.41, 5.74) is 2.69. The van der Waals surface area contributed by atoms with Crippen molar-refractivity contribution in [2.45, 2.75) is 62.4 Å². The Balaban J connectivity index is 1.20. The number of nitrogens with zero attached hydrogens (tertiary/aromatic N) is 4. The van der Waals surface area contributed by atoms with Gasteiger partial charge in [-0.15, -0.1) is 6.42 Å². The van der Waals surface area contributed by atoms with Crippen LogP contribution in [0.25, 0.3) is 11.2 Å². The maximum absolute atomic E-state index is 16.3. The molecule has 0 amide bonds. The quantitative estimate of drug-likeness (QED) is 0.0409. The Kier molecular flexibility index (Phi) is 13.3. The number of aromatic nitrogens is 4. The summed E-state index contributed by atoms with van der Waals surface area (Å²) in [6.07, 6.45) is 6.13. The standard InChI is InChI=1S/C57H52FN5O6/c1-6-20-39(3)53(64)69-55(7-2)48(67-57(43-25-16-10-17-26-43,44-27-18-11-19-28-44)45-31-35-47(66-5)36-32-45)37-49(68-55)63-38-59-50-51(60-54(58)61-52(50)63)62-56(40-21-12-8-13-22-40,41-23-14-9-15-24-41)42-29-33-46(65-4)34-30-42/h2,8-19,21-36,38-39,48-49H,6,20,37H2,1,3-5H3,(H,60,61,62)/t39?,48-,49+,55+/m0/s1. The van der Waals surface area contributed by atoms with E-state index in [1.54, 1.807) is 25.7 Å². The molecule has 0 aliphatic carbocycles. The predicted octanol–water partition coefficient (Wildman–Crippen LogP) is 11.0. The first kappa shape index (κ1) is 46.3. The molecule has 8 aromatic rings. The van der Waals surface area contributed by atoms with Gasteiger partial charge in [0.2, 0.25) is 0 Å². The van der Waals surface area contributed by atoms with E-state index in [0.29, 0.717) is 17.9 Å². The summed E-state index contributed by atoms with van der Waals surface area (Å²) in [6.45, 7) is 3.79. The van der Waals surface area contributed by atoms with Gasteiger partial charge in [0.1, 0.15) is 35.0 Å². The van der Waals surface area contributed by atoms with Crippen molar-refractivity contribution in [3.8, 4) is 23.8 Å². The molecule has 1 N–H and O–H groups in total. The molecule has 1 unspecified atom stereocenters. The number of carbonyl (C=O) groups excluding carboxylic acids is 1. The van der Waals surface area contributed by atoms with E-state index < -0.39 is 47.2 Å². The lowest BCUT2D eigenvalue weighted by Gasteiger charge is -2.40. The maximum atomic E-state index is 16.3. The predicted molar refractivity (Wildman–Crippen MR) is 262 cm³/mol. The van der Waals surface area contributed by atoms with E-state index in [0.717, 1.165) is 39.8 Å². The van der Waals surface area contributed by atoms with E-state index in [1.165, 1.54) is 6.33 Å². The number of benzene rings is 6. The number of hydrogen-bond donors (Lipinski definition) is 1. The molecule has 11 nitrogen and oxygen atoms in total. The van der Waals surface area contributed by atoms with Gasteiger partial charge in [-0.1, -0.05) is 166 Å². The van der Waals surface area contributed by atoms with E-state index in [9.17, 15) is 4.79 Å². The molecule has 0 spiro atoms. The number of esters is 1. The van der Waals surface area contributed by atoms with Gasteiger partial charge in [-0.3, -0.25) is 9.36 Å². The third kappa shape index (κ3) is 8.67. The third-order valence-corrected chi connectivity index (χ3v) is 12.9. The lowest BCUT2D eigenvalue weighted by Crippen LogP contribution is -2.49. The van der Waals surface area contributed by atoms with Crippen molar-refractivity contribution >= 4 is 23.0 Å². The Hall–Kier alpha value is -7.85. The van der Waals surface area contributed by atoms with Crippen LogP contribution in [0.4, 0.5) is 10.2 Å². The monoisotopic (exact) mass is 921 g/mol. The molecule has 4 atom stereocenters. The smallest absolute Gasteiger partial charge is 0.312 e. The molecule has 3 heterocycles. The van der Waals surface area contributed by atoms with Crippen molar-refractivity contribution in [2.24, 2.45) is 5.92 Å². The first-order valence-electron chi connectivity index (χ1n) is 22.9. The number of nitrogens with one attached hydrogen (secondary N) is 1. The molecule has 2 aromatic heterocycles. The zero-order chi connectivity index (χ0) is 48.0. The van der Waals surface area contributed by atoms with Crippen molar-refractivity contribution in [1.29, 1.82) is 0 Å². The Morgan fingerprint density at radius 2 is 1.25 bits per heavy atom. The van der Waals surface area contributed by atoms with E-state index >= 15 is 4.39 Å². The summed E-state index contributed by atoms with van der Waals surface area (Å²) in [4.78, 5) is 27.6. The SMILES string of the molecule is C#C[C@]1(OC(=O)C(C)CCC)O[C@@H](n2cnc3c(NC(c4ccccc4)(c4ccccc4)c4ccc(OC)cc4)nc(F)nc32)C[C@@H]1OC(c1ccccc1)(c1ccccc1)c1ccc(OC)cc1. The Bertz CT molecular complexity index is 2960. The molecular formula is C57H52FN5O6. The lowest BCUT2D eigenvalue weighted by atomic mass is 9.77. The van der Waals surface area contributed by atoms with E-state index in [2.05, 4.69) is 21.2 Å². The topological polar surface area (TPSA) is 119 Å². The van der Waals surface area contributed by atoms with Gasteiger partial charge >= 0.3 is 17.8 Å². The highest BCUT2D eigenvalue weighted by Gasteiger charge is 2.57. The maximum Gasteiger partial charge on any atom is 0.312 e. The molecule has 1 aliphatic rings. The first-order chi connectivity index (χ1) is 33.7. The van der Waals surface area contributed by atoms with E-state index in [-0.39, 0.29) is 23.4 Å². The van der Waals surface area contributed by atoms with Gasteiger partial charge in [-0.25, -0.2) is 4.98 Å². The van der Waals surface area contributed by atoms with Crippen molar-refractivity contribution < 1.29 is 32.9 Å². The summed E-state index contributed by atoms with van der Waals surface area (Å²) in [7, 11) is 3.22. The Morgan fingerprint density at radius 1 is 0.768 bits per heavy atom. The second-order valence-corrected chi connectivity index (χ2v) is 17.0. The fourth-order valence-electron chi connectivity index (χ4n) is 9.40. The van der Waals surface area contributed by atoms with Crippen LogP contribution in [0.2, 0.25) is 0 Å². The highest BCUT2D eigenvalue weighted by Crippen LogP contribution is 2.49. The minimum atomic E-state index is -2.08. The van der Waals surface area contributed by atoms with Gasteiger partial charge in [0, 0.05) is 6.42 Å². The number of anilines is 1. The highest BCUT2D eigenvalue weighted by molar-refractivity contribution is 5.84.